The number of benzene rings is 2. The largest absolute Gasteiger partial charge is 0.347 e. The van der Waals surface area contributed by atoms with E-state index in [9.17, 15) is 4.79 Å². The molecule has 0 spiro atoms. The molecule has 0 unspecified atom stereocenters. The van der Waals surface area contributed by atoms with Crippen molar-refractivity contribution in [3.05, 3.63) is 82.3 Å². The number of carbonyl (C=O) groups excluding carboxylic acids is 1. The lowest BCUT2D eigenvalue weighted by Crippen LogP contribution is -2.24. The Hall–Kier alpha value is -2.92. The average Bonchev–Trinajstić information content (AvgIpc) is 2.64. The Kier molecular flexibility index (Phi) is 5.49. The summed E-state index contributed by atoms with van der Waals surface area (Å²) in [5.41, 5.74) is 4.47. The molecule has 3 aromatic rings. The highest BCUT2D eigenvalue weighted by Gasteiger charge is 2.10. The van der Waals surface area contributed by atoms with Crippen molar-refractivity contribution in [1.29, 1.82) is 0 Å². The Morgan fingerprint density at radius 2 is 1.73 bits per heavy atom. The lowest BCUT2D eigenvalue weighted by molar-refractivity contribution is 0.0946. The molecule has 2 N–H and O–H groups in total. The van der Waals surface area contributed by atoms with Crippen LogP contribution in [0.4, 0.5) is 11.5 Å². The van der Waals surface area contributed by atoms with Gasteiger partial charge in [0.25, 0.3) is 5.91 Å². The van der Waals surface area contributed by atoms with E-state index in [-0.39, 0.29) is 5.91 Å². The van der Waals surface area contributed by atoms with Crippen LogP contribution in [0.1, 0.15) is 27.2 Å². The van der Waals surface area contributed by atoms with Gasteiger partial charge in [-0.05, 0) is 42.7 Å². The number of halogens is 1. The summed E-state index contributed by atoms with van der Waals surface area (Å²) in [5.74, 6) is 0.320. The molecular weight excluding hydrogens is 348 g/mol. The molecule has 5 nitrogen and oxygen atoms in total. The Morgan fingerprint density at radius 3 is 2.42 bits per heavy atom. The van der Waals surface area contributed by atoms with Crippen molar-refractivity contribution in [3.8, 4) is 0 Å². The predicted octanol–water partition coefficient (Wildman–Crippen LogP) is 4.42. The zero-order valence-corrected chi connectivity index (χ0v) is 15.3. The molecule has 1 aromatic heterocycles. The van der Waals surface area contributed by atoms with Crippen molar-refractivity contribution in [2.75, 3.05) is 5.32 Å². The van der Waals surface area contributed by atoms with E-state index in [1.54, 1.807) is 18.2 Å². The van der Waals surface area contributed by atoms with Gasteiger partial charge in [0, 0.05) is 23.3 Å². The first-order valence-electron chi connectivity index (χ1n) is 8.21. The van der Waals surface area contributed by atoms with Crippen LogP contribution in [0.25, 0.3) is 0 Å². The number of nitrogens with zero attached hydrogens (tertiary/aromatic N) is 2. The van der Waals surface area contributed by atoms with Gasteiger partial charge in [-0.2, -0.15) is 0 Å². The summed E-state index contributed by atoms with van der Waals surface area (Å²) in [6.07, 6.45) is 1.38. The smallest absolute Gasteiger partial charge is 0.270 e. The summed E-state index contributed by atoms with van der Waals surface area (Å²) >= 11 is 5.87. The summed E-state index contributed by atoms with van der Waals surface area (Å²) < 4.78 is 0. The van der Waals surface area contributed by atoms with Crippen molar-refractivity contribution in [1.82, 2.24) is 15.3 Å². The average molecular weight is 367 g/mol. The normalized spacial score (nSPS) is 10.4. The first-order chi connectivity index (χ1) is 12.5. The van der Waals surface area contributed by atoms with E-state index in [1.165, 1.54) is 6.33 Å². The zero-order chi connectivity index (χ0) is 18.5. The number of para-hydroxylation sites is 1. The van der Waals surface area contributed by atoms with Crippen LogP contribution in [0.5, 0.6) is 0 Å². The van der Waals surface area contributed by atoms with Crippen LogP contribution >= 0.6 is 11.6 Å². The molecule has 0 radical (unpaired) electrons. The second kappa shape index (κ2) is 7.97. The molecule has 0 aliphatic carbocycles. The highest BCUT2D eigenvalue weighted by Crippen LogP contribution is 2.23. The molecule has 3 rings (SSSR count). The molecule has 0 aliphatic heterocycles. The number of hydrogen-bond acceptors (Lipinski definition) is 4. The number of nitrogens with one attached hydrogen (secondary N) is 2. The SMILES string of the molecule is Cc1cccc(C)c1Nc1cc(C(=O)NCc2ccc(Cl)cc2)ncn1. The van der Waals surface area contributed by atoms with Gasteiger partial charge >= 0.3 is 0 Å². The fraction of sp³-hybridized carbons (Fsp3) is 0.150. The lowest BCUT2D eigenvalue weighted by Gasteiger charge is -2.12. The van der Waals surface area contributed by atoms with Crippen LogP contribution in [-0.4, -0.2) is 15.9 Å². The molecule has 0 aliphatic rings. The molecule has 0 atom stereocenters. The monoisotopic (exact) mass is 366 g/mol. The zero-order valence-electron chi connectivity index (χ0n) is 14.6. The maximum Gasteiger partial charge on any atom is 0.270 e. The number of hydrogen-bond donors (Lipinski definition) is 2. The van der Waals surface area contributed by atoms with Crippen molar-refractivity contribution in [2.45, 2.75) is 20.4 Å². The van der Waals surface area contributed by atoms with Gasteiger partial charge in [-0.3, -0.25) is 4.79 Å². The number of carbonyl (C=O) groups is 1. The Balaban J connectivity index is 1.70. The van der Waals surface area contributed by atoms with Gasteiger partial charge in [0.15, 0.2) is 0 Å². The molecule has 1 heterocycles. The minimum absolute atomic E-state index is 0.257. The minimum Gasteiger partial charge on any atom is -0.347 e. The molecule has 1 amide bonds. The van der Waals surface area contributed by atoms with Crippen LogP contribution in [-0.2, 0) is 6.54 Å². The topological polar surface area (TPSA) is 66.9 Å². The van der Waals surface area contributed by atoms with E-state index >= 15 is 0 Å². The number of amides is 1. The summed E-state index contributed by atoms with van der Waals surface area (Å²) in [4.78, 5) is 20.6. The number of anilines is 2. The van der Waals surface area contributed by atoms with Gasteiger partial charge < -0.3 is 10.6 Å². The van der Waals surface area contributed by atoms with E-state index < -0.39 is 0 Å². The maximum atomic E-state index is 12.4. The van der Waals surface area contributed by atoms with E-state index in [0.29, 0.717) is 23.1 Å². The molecule has 132 valence electrons. The van der Waals surface area contributed by atoms with Crippen LogP contribution in [0.2, 0.25) is 5.02 Å². The van der Waals surface area contributed by atoms with Gasteiger partial charge in [-0.25, -0.2) is 9.97 Å². The van der Waals surface area contributed by atoms with Crippen LogP contribution in [0.15, 0.2) is 54.9 Å². The molecule has 0 saturated heterocycles. The fourth-order valence-electron chi connectivity index (χ4n) is 2.56. The minimum atomic E-state index is -0.257. The van der Waals surface area contributed by atoms with Crippen molar-refractivity contribution < 1.29 is 4.79 Å². The van der Waals surface area contributed by atoms with E-state index in [1.807, 2.05) is 44.2 Å². The summed E-state index contributed by atoms with van der Waals surface area (Å²) in [7, 11) is 0. The summed E-state index contributed by atoms with van der Waals surface area (Å²) in [6, 6.07) is 15.0. The first kappa shape index (κ1) is 17.9. The second-order valence-electron chi connectivity index (χ2n) is 5.99. The van der Waals surface area contributed by atoms with E-state index in [0.717, 1.165) is 22.4 Å². The Morgan fingerprint density at radius 1 is 1.04 bits per heavy atom. The van der Waals surface area contributed by atoms with Crippen LogP contribution in [0, 0.1) is 13.8 Å². The van der Waals surface area contributed by atoms with Gasteiger partial charge in [-0.1, -0.05) is 41.9 Å². The van der Waals surface area contributed by atoms with Crippen LogP contribution < -0.4 is 10.6 Å². The number of aromatic nitrogens is 2. The molecule has 0 saturated carbocycles. The third-order valence-electron chi connectivity index (χ3n) is 4.00. The first-order valence-corrected chi connectivity index (χ1v) is 8.58. The fourth-order valence-corrected chi connectivity index (χ4v) is 2.69. The molecular formula is C20H19ClN4O. The standard InChI is InChI=1S/C20H19ClN4O/c1-13-4-3-5-14(2)19(13)25-18-10-17(23-12-24-18)20(26)22-11-15-6-8-16(21)9-7-15/h3-10,12H,11H2,1-2H3,(H,22,26)(H,23,24,25). The molecule has 2 aromatic carbocycles. The van der Waals surface area contributed by atoms with Gasteiger partial charge in [0.1, 0.15) is 17.8 Å². The van der Waals surface area contributed by atoms with Crippen LogP contribution in [0.3, 0.4) is 0 Å². The third kappa shape index (κ3) is 4.37. The van der Waals surface area contributed by atoms with Crippen molar-refractivity contribution in [3.63, 3.8) is 0 Å². The van der Waals surface area contributed by atoms with Gasteiger partial charge in [0.2, 0.25) is 0 Å². The third-order valence-corrected chi connectivity index (χ3v) is 4.25. The Bertz CT molecular complexity index is 905. The van der Waals surface area contributed by atoms with E-state index in [2.05, 4.69) is 20.6 Å². The quantitative estimate of drug-likeness (QED) is 0.701. The maximum absolute atomic E-state index is 12.4. The lowest BCUT2D eigenvalue weighted by atomic mass is 10.1. The van der Waals surface area contributed by atoms with Crippen molar-refractivity contribution >= 4 is 29.0 Å². The van der Waals surface area contributed by atoms with E-state index in [4.69, 9.17) is 11.6 Å². The molecule has 6 heteroatoms. The summed E-state index contributed by atoms with van der Waals surface area (Å²) in [6.45, 7) is 4.45. The number of aryl methyl sites for hydroxylation is 2. The molecule has 0 fully saturated rings. The van der Waals surface area contributed by atoms with Gasteiger partial charge in [-0.15, -0.1) is 0 Å². The summed E-state index contributed by atoms with van der Waals surface area (Å²) in [5, 5.41) is 6.78. The van der Waals surface area contributed by atoms with Crippen molar-refractivity contribution in [2.24, 2.45) is 0 Å². The molecule has 0 bridgehead atoms. The second-order valence-corrected chi connectivity index (χ2v) is 6.43. The highest BCUT2D eigenvalue weighted by atomic mass is 35.5. The molecule has 26 heavy (non-hydrogen) atoms. The van der Waals surface area contributed by atoms with Gasteiger partial charge in [0.05, 0.1) is 0 Å². The number of rotatable bonds is 5. The predicted molar refractivity (Wildman–Crippen MR) is 104 cm³/mol. The Labute approximate surface area is 157 Å². The highest BCUT2D eigenvalue weighted by molar-refractivity contribution is 6.30.